The summed E-state index contributed by atoms with van der Waals surface area (Å²) < 4.78 is 1.55. The van der Waals surface area contributed by atoms with Crippen LogP contribution in [-0.4, -0.2) is 93.1 Å². The summed E-state index contributed by atoms with van der Waals surface area (Å²) in [4.78, 5) is 45.2. The van der Waals surface area contributed by atoms with Crippen LogP contribution in [0.2, 0.25) is 0 Å². The Morgan fingerprint density at radius 3 is 2.42 bits per heavy atom. The maximum absolute atomic E-state index is 13.3. The number of likely N-dealkylation sites (N-methyl/N-ethyl adjacent to an activating group) is 2. The van der Waals surface area contributed by atoms with Crippen LogP contribution in [0.4, 0.5) is 0 Å². The number of aromatic nitrogens is 2. The number of nitrogens with one attached hydrogen (secondary N) is 1. The Morgan fingerprint density at radius 1 is 1.13 bits per heavy atom. The first kappa shape index (κ1) is 21.8. The zero-order valence-electron chi connectivity index (χ0n) is 18.9. The third-order valence-electron chi connectivity index (χ3n) is 7.12. The van der Waals surface area contributed by atoms with Gasteiger partial charge in [0.05, 0.1) is 6.54 Å². The monoisotopic (exact) mass is 430 g/mol. The minimum absolute atomic E-state index is 0.140. The molecule has 1 aromatic heterocycles. The molecule has 3 amide bonds. The second kappa shape index (κ2) is 8.61. The highest BCUT2D eigenvalue weighted by atomic mass is 16.2. The van der Waals surface area contributed by atoms with Gasteiger partial charge in [-0.25, -0.2) is 0 Å². The topological polar surface area (TPSA) is 90.8 Å². The zero-order valence-corrected chi connectivity index (χ0v) is 18.9. The largest absolute Gasteiger partial charge is 0.351 e. The van der Waals surface area contributed by atoms with E-state index in [4.69, 9.17) is 0 Å². The molecule has 4 rings (SSSR count). The number of nitrogens with zero attached hydrogens (tertiary/aromatic N) is 5. The smallest absolute Gasteiger partial charge is 0.274 e. The van der Waals surface area contributed by atoms with Gasteiger partial charge in [-0.15, -0.1) is 0 Å². The molecule has 1 atom stereocenters. The van der Waals surface area contributed by atoms with Crippen LogP contribution in [0.15, 0.2) is 6.07 Å². The number of carbonyl (C=O) groups is 3. The summed E-state index contributed by atoms with van der Waals surface area (Å²) in [7, 11) is 0. The molecule has 2 fully saturated rings. The van der Waals surface area contributed by atoms with Gasteiger partial charge in [0.1, 0.15) is 11.2 Å². The molecule has 170 valence electrons. The van der Waals surface area contributed by atoms with E-state index in [0.29, 0.717) is 25.3 Å². The van der Waals surface area contributed by atoms with Crippen molar-refractivity contribution in [3.63, 3.8) is 0 Å². The number of fused-ring (bicyclic) bond motifs is 1. The van der Waals surface area contributed by atoms with Crippen molar-refractivity contribution in [2.75, 3.05) is 39.3 Å². The second-order valence-electron chi connectivity index (χ2n) is 9.08. The van der Waals surface area contributed by atoms with Crippen LogP contribution in [0.5, 0.6) is 0 Å². The summed E-state index contributed by atoms with van der Waals surface area (Å²) >= 11 is 0. The van der Waals surface area contributed by atoms with Crippen LogP contribution in [0.25, 0.3) is 0 Å². The first-order valence-corrected chi connectivity index (χ1v) is 11.6. The quantitative estimate of drug-likeness (QED) is 0.751. The standard InChI is InChI=1S/C22H34N6O3/c1-4-25-10-12-26(13-11-25)19(29)17-14-18-20(30)27(5-2)22(3,15-28(18)24-17)21(31)23-16-8-6-7-9-16/h14,16H,4-13,15H2,1-3H3,(H,23,31). The van der Waals surface area contributed by atoms with Gasteiger partial charge < -0.3 is 20.0 Å². The molecule has 0 aromatic carbocycles. The Morgan fingerprint density at radius 2 is 1.81 bits per heavy atom. The molecule has 1 aliphatic carbocycles. The number of amides is 3. The number of hydrogen-bond donors (Lipinski definition) is 1. The normalized spacial score (nSPS) is 25.1. The van der Waals surface area contributed by atoms with Crippen molar-refractivity contribution in [2.24, 2.45) is 0 Å². The highest BCUT2D eigenvalue weighted by Gasteiger charge is 2.48. The van der Waals surface area contributed by atoms with E-state index >= 15 is 0 Å². The van der Waals surface area contributed by atoms with Crippen molar-refractivity contribution < 1.29 is 14.4 Å². The molecule has 2 aliphatic heterocycles. The average Bonchev–Trinajstić information content (AvgIpc) is 3.43. The summed E-state index contributed by atoms with van der Waals surface area (Å²) in [5.74, 6) is -0.537. The van der Waals surface area contributed by atoms with Crippen LogP contribution in [0, 0.1) is 0 Å². The summed E-state index contributed by atoms with van der Waals surface area (Å²) in [6.07, 6.45) is 4.22. The Hall–Kier alpha value is -2.42. The maximum atomic E-state index is 13.3. The van der Waals surface area contributed by atoms with Crippen LogP contribution in [-0.2, 0) is 11.3 Å². The van der Waals surface area contributed by atoms with E-state index in [1.54, 1.807) is 27.5 Å². The van der Waals surface area contributed by atoms with E-state index in [-0.39, 0.29) is 36.0 Å². The van der Waals surface area contributed by atoms with Gasteiger partial charge in [0.2, 0.25) is 5.91 Å². The van der Waals surface area contributed by atoms with Gasteiger partial charge in [-0.3, -0.25) is 19.1 Å². The number of hydrogen-bond acceptors (Lipinski definition) is 5. The van der Waals surface area contributed by atoms with Gasteiger partial charge in [-0.1, -0.05) is 19.8 Å². The van der Waals surface area contributed by atoms with Crippen molar-refractivity contribution >= 4 is 17.7 Å². The predicted octanol–water partition coefficient (Wildman–Crippen LogP) is 0.954. The van der Waals surface area contributed by atoms with Crippen molar-refractivity contribution in [1.82, 2.24) is 29.8 Å². The van der Waals surface area contributed by atoms with E-state index in [1.807, 2.05) is 6.92 Å². The fraction of sp³-hybridized carbons (Fsp3) is 0.727. The van der Waals surface area contributed by atoms with E-state index in [9.17, 15) is 14.4 Å². The molecule has 0 bridgehead atoms. The third-order valence-corrected chi connectivity index (χ3v) is 7.12. The Balaban J connectivity index is 1.54. The fourth-order valence-corrected chi connectivity index (χ4v) is 5.08. The number of carbonyl (C=O) groups excluding carboxylic acids is 3. The van der Waals surface area contributed by atoms with E-state index in [1.165, 1.54) is 0 Å². The lowest BCUT2D eigenvalue weighted by Crippen LogP contribution is -2.64. The minimum atomic E-state index is -1.03. The third kappa shape index (κ3) is 3.95. The first-order valence-electron chi connectivity index (χ1n) is 11.6. The highest BCUT2D eigenvalue weighted by Crippen LogP contribution is 2.29. The predicted molar refractivity (Wildman–Crippen MR) is 116 cm³/mol. The van der Waals surface area contributed by atoms with Gasteiger partial charge in [0, 0.05) is 44.8 Å². The van der Waals surface area contributed by atoms with Gasteiger partial charge in [-0.05, 0) is 33.2 Å². The summed E-state index contributed by atoms with van der Waals surface area (Å²) in [5, 5.41) is 7.62. The summed E-state index contributed by atoms with van der Waals surface area (Å²) in [6, 6.07) is 1.77. The van der Waals surface area contributed by atoms with Crippen molar-refractivity contribution in [3.8, 4) is 0 Å². The van der Waals surface area contributed by atoms with Crippen molar-refractivity contribution in [1.29, 1.82) is 0 Å². The zero-order chi connectivity index (χ0) is 22.2. The Labute approximate surface area is 183 Å². The number of rotatable bonds is 5. The lowest BCUT2D eigenvalue weighted by Gasteiger charge is -2.43. The Kier molecular flexibility index (Phi) is 6.05. The molecule has 3 aliphatic rings. The van der Waals surface area contributed by atoms with E-state index in [0.717, 1.165) is 45.3 Å². The molecular formula is C22H34N6O3. The molecule has 9 nitrogen and oxygen atoms in total. The molecule has 1 unspecified atom stereocenters. The lowest BCUT2D eigenvalue weighted by atomic mass is 9.94. The van der Waals surface area contributed by atoms with Crippen molar-refractivity contribution in [2.45, 2.75) is 64.6 Å². The molecule has 0 spiro atoms. The minimum Gasteiger partial charge on any atom is -0.351 e. The van der Waals surface area contributed by atoms with Crippen LogP contribution < -0.4 is 5.32 Å². The lowest BCUT2D eigenvalue weighted by molar-refractivity contribution is -0.133. The highest BCUT2D eigenvalue weighted by molar-refractivity contribution is 6.02. The number of piperazine rings is 1. The molecule has 1 aromatic rings. The van der Waals surface area contributed by atoms with Crippen LogP contribution in [0.1, 0.15) is 67.4 Å². The molecule has 1 saturated carbocycles. The molecular weight excluding hydrogens is 396 g/mol. The average molecular weight is 431 g/mol. The molecule has 0 radical (unpaired) electrons. The van der Waals surface area contributed by atoms with E-state index in [2.05, 4.69) is 22.2 Å². The van der Waals surface area contributed by atoms with Gasteiger partial charge >= 0.3 is 0 Å². The molecule has 31 heavy (non-hydrogen) atoms. The fourth-order valence-electron chi connectivity index (χ4n) is 5.08. The van der Waals surface area contributed by atoms with Gasteiger partial charge in [0.15, 0.2) is 5.69 Å². The maximum Gasteiger partial charge on any atom is 0.274 e. The SMILES string of the molecule is CCN1CCN(C(=O)c2cc3n(n2)CC(C)(C(=O)NC2CCCC2)N(CC)C3=O)CC1. The van der Waals surface area contributed by atoms with Gasteiger partial charge in [-0.2, -0.15) is 5.10 Å². The Bertz CT molecular complexity index is 853. The molecule has 9 heteroatoms. The summed E-state index contributed by atoms with van der Waals surface area (Å²) in [6.45, 7) is 10.4. The molecule has 3 heterocycles. The summed E-state index contributed by atoms with van der Waals surface area (Å²) in [5.41, 5.74) is -0.367. The first-order chi connectivity index (χ1) is 14.9. The van der Waals surface area contributed by atoms with Crippen LogP contribution >= 0.6 is 0 Å². The molecule has 1 N–H and O–H groups in total. The van der Waals surface area contributed by atoms with Crippen molar-refractivity contribution in [3.05, 3.63) is 17.5 Å². The molecule has 1 saturated heterocycles. The van der Waals surface area contributed by atoms with Gasteiger partial charge in [0.25, 0.3) is 11.8 Å². The second-order valence-corrected chi connectivity index (χ2v) is 9.08. The van der Waals surface area contributed by atoms with Crippen LogP contribution in [0.3, 0.4) is 0 Å². The van der Waals surface area contributed by atoms with E-state index < -0.39 is 5.54 Å².